The highest BCUT2D eigenvalue weighted by atomic mass is 31.3. The van der Waals surface area contributed by atoms with E-state index in [1.807, 2.05) is 0 Å². The predicted molar refractivity (Wildman–Crippen MR) is 67.7 cm³/mol. The minimum Gasteiger partial charge on any atom is -0.411 e. The molecule has 0 bridgehead atoms. The maximum absolute atomic E-state index is 11.4. The molecule has 1 aliphatic rings. The van der Waals surface area contributed by atoms with Crippen molar-refractivity contribution in [2.75, 3.05) is 6.61 Å². The third-order valence-electron chi connectivity index (χ3n) is 2.16. The molecule has 0 radical (unpaired) electrons. The lowest BCUT2D eigenvalue weighted by atomic mass is 9.97. The molecule has 11 nitrogen and oxygen atoms in total. The van der Waals surface area contributed by atoms with Crippen LogP contribution >= 0.6 is 23.5 Å². The number of hydrogen-bond donors (Lipinski definition) is 4. The topological polar surface area (TPSA) is 169 Å². The molecule has 4 N–H and O–H groups in total. The second kappa shape index (κ2) is 6.68. The minimum absolute atomic E-state index is 0.195. The molecule has 0 aromatic heterocycles. The SMILES string of the molecule is [2H][BH2-]C1CCC(COP(=O)(O)OP(=O)(O)OP(=O)(O)O)O1. The van der Waals surface area contributed by atoms with Crippen LogP contribution in [-0.2, 0) is 31.6 Å². The molecule has 0 amide bonds. The van der Waals surface area contributed by atoms with Crippen molar-refractivity contribution in [1.82, 2.24) is 0 Å². The fourth-order valence-electron chi connectivity index (χ4n) is 1.49. The summed E-state index contributed by atoms with van der Waals surface area (Å²) in [6, 6.07) is -0.195. The molecule has 4 unspecified atom stereocenters. The van der Waals surface area contributed by atoms with E-state index in [1.54, 1.807) is 0 Å². The van der Waals surface area contributed by atoms with Crippen LogP contribution in [0.5, 0.6) is 0 Å². The van der Waals surface area contributed by atoms with E-state index in [2.05, 4.69) is 13.1 Å². The average Bonchev–Trinajstić information content (AvgIpc) is 2.69. The van der Waals surface area contributed by atoms with Crippen molar-refractivity contribution in [1.29, 1.82) is 1.34 Å². The Kier molecular flexibility index (Phi) is 5.61. The lowest BCUT2D eigenvalue weighted by Gasteiger charge is -2.18. The van der Waals surface area contributed by atoms with Crippen LogP contribution in [0.2, 0.25) is 0 Å². The summed E-state index contributed by atoms with van der Waals surface area (Å²) in [7, 11) is -17.0. The van der Waals surface area contributed by atoms with Gasteiger partial charge in [0.2, 0.25) is 0 Å². The van der Waals surface area contributed by atoms with Crippen LogP contribution in [0.25, 0.3) is 0 Å². The van der Waals surface area contributed by atoms with E-state index in [0.29, 0.717) is 12.8 Å². The Bertz CT molecular complexity index is 494. The zero-order valence-electron chi connectivity index (χ0n) is 11.3. The van der Waals surface area contributed by atoms with Crippen LogP contribution in [0.1, 0.15) is 12.8 Å². The molecule has 1 fully saturated rings. The molecular formula is C5H15BO11P3-. The van der Waals surface area contributed by atoms with Crippen molar-refractivity contribution < 1.29 is 51.2 Å². The van der Waals surface area contributed by atoms with E-state index in [9.17, 15) is 18.6 Å². The molecule has 120 valence electrons. The van der Waals surface area contributed by atoms with E-state index in [0.717, 1.165) is 0 Å². The van der Waals surface area contributed by atoms with Gasteiger partial charge in [0.15, 0.2) is 0 Å². The first-order valence-electron chi connectivity index (χ1n) is 6.32. The number of phosphoric acid groups is 3. The monoisotopic (exact) mass is 356 g/mol. The van der Waals surface area contributed by atoms with E-state index >= 15 is 0 Å². The predicted octanol–water partition coefficient (Wildman–Crippen LogP) is -0.800. The zero-order chi connectivity index (χ0) is 16.3. The number of ether oxygens (including phenoxy) is 1. The van der Waals surface area contributed by atoms with Crippen molar-refractivity contribution in [2.24, 2.45) is 0 Å². The smallest absolute Gasteiger partial charge is 0.411 e. The third kappa shape index (κ3) is 7.45. The standard InChI is InChI=1S/C5H15BO11P3/c6-5-2-1-4(15-5)3-14-19(10,11)17-20(12,13)16-18(7,8)9/h4-5H,1-3H2,6H3,(H,10,11)(H,12,13)(H2,7,8,9)/q-1/i6D. The Hall–Kier alpha value is 0.435. The van der Waals surface area contributed by atoms with Gasteiger partial charge >= 0.3 is 23.5 Å². The van der Waals surface area contributed by atoms with Gasteiger partial charge < -0.3 is 24.3 Å². The van der Waals surface area contributed by atoms with Crippen LogP contribution < -0.4 is 0 Å². The Morgan fingerprint density at radius 3 is 2.30 bits per heavy atom. The molecule has 1 aliphatic heterocycles. The van der Waals surface area contributed by atoms with Gasteiger partial charge in [-0.05, 0) is 14.2 Å². The Morgan fingerprint density at radius 2 is 1.80 bits per heavy atom. The molecule has 20 heavy (non-hydrogen) atoms. The van der Waals surface area contributed by atoms with Gasteiger partial charge in [-0.15, -0.1) is 0 Å². The lowest BCUT2D eigenvalue weighted by Crippen LogP contribution is -2.16. The van der Waals surface area contributed by atoms with E-state index in [4.69, 9.17) is 20.8 Å². The molecule has 0 spiro atoms. The van der Waals surface area contributed by atoms with Gasteiger partial charge in [-0.2, -0.15) is 8.62 Å². The Balaban J connectivity index is 2.48. The van der Waals surface area contributed by atoms with Crippen LogP contribution in [0.3, 0.4) is 0 Å². The molecule has 0 aliphatic carbocycles. The molecular weight excluding hydrogens is 340 g/mol. The minimum atomic E-state index is -5.48. The highest BCUT2D eigenvalue weighted by Gasteiger charge is 2.41. The van der Waals surface area contributed by atoms with E-state index in [-0.39, 0.29) is 6.00 Å². The van der Waals surface area contributed by atoms with Gasteiger partial charge in [0.25, 0.3) is 0 Å². The van der Waals surface area contributed by atoms with Gasteiger partial charge in [-0.25, -0.2) is 15.0 Å². The van der Waals surface area contributed by atoms with Crippen molar-refractivity contribution in [2.45, 2.75) is 24.9 Å². The van der Waals surface area contributed by atoms with Crippen molar-refractivity contribution >= 4 is 31.3 Å². The maximum atomic E-state index is 11.4. The normalized spacial score (nSPS) is 30.5. The first-order valence-corrected chi connectivity index (χ1v) is 9.84. The van der Waals surface area contributed by atoms with Crippen molar-refractivity contribution in [3.8, 4) is 0 Å². The molecule has 1 saturated heterocycles. The summed E-state index contributed by atoms with van der Waals surface area (Å²) < 4.78 is 56.8. The maximum Gasteiger partial charge on any atom is 0.490 e. The van der Waals surface area contributed by atoms with Crippen LogP contribution in [0.4, 0.5) is 0 Å². The largest absolute Gasteiger partial charge is 0.490 e. The van der Waals surface area contributed by atoms with Crippen LogP contribution in [0, 0.1) is 0 Å². The zero-order valence-corrected chi connectivity index (χ0v) is 12.9. The molecule has 0 aromatic rings. The van der Waals surface area contributed by atoms with Gasteiger partial charge in [0.1, 0.15) is 0 Å². The van der Waals surface area contributed by atoms with Gasteiger partial charge in [-0.1, -0.05) is 12.4 Å². The van der Waals surface area contributed by atoms with Crippen LogP contribution in [-0.4, -0.2) is 47.4 Å². The molecule has 1 rings (SSSR count). The number of hydrogen-bond acceptors (Lipinski definition) is 7. The fraction of sp³-hybridized carbons (Fsp3) is 1.00. The molecule has 15 heteroatoms. The third-order valence-corrected chi connectivity index (χ3v) is 5.96. The van der Waals surface area contributed by atoms with Crippen molar-refractivity contribution in [3.05, 3.63) is 0 Å². The quantitative estimate of drug-likeness (QED) is 0.317. The summed E-state index contributed by atoms with van der Waals surface area (Å²) in [6.07, 6.45) is 0.547. The van der Waals surface area contributed by atoms with E-state index < -0.39 is 44.0 Å². The second-order valence-corrected chi connectivity index (χ2v) is 8.45. The van der Waals surface area contributed by atoms with Gasteiger partial charge in [0, 0.05) is 0 Å². The molecule has 1 heterocycles. The molecule has 4 atom stereocenters. The Morgan fingerprint density at radius 1 is 1.15 bits per heavy atom. The van der Waals surface area contributed by atoms with E-state index in [1.165, 1.54) is 0 Å². The number of phosphoric ester groups is 1. The summed E-state index contributed by atoms with van der Waals surface area (Å²) in [6.45, 7) is -0.438. The van der Waals surface area contributed by atoms with Crippen molar-refractivity contribution in [3.63, 3.8) is 0 Å². The van der Waals surface area contributed by atoms with Gasteiger partial charge in [0.05, 0.1) is 12.7 Å². The summed E-state index contributed by atoms with van der Waals surface area (Å²) in [5.74, 6) is 0. The first kappa shape index (κ1) is 16.8. The number of rotatable bonds is 8. The molecule has 0 saturated carbocycles. The molecule has 0 aromatic carbocycles. The first-order chi connectivity index (χ1) is 9.42. The fourth-order valence-corrected chi connectivity index (χ4v) is 4.54. The summed E-state index contributed by atoms with van der Waals surface area (Å²) in [5.41, 5.74) is 0. The second-order valence-electron chi connectivity index (χ2n) is 4.03. The van der Waals surface area contributed by atoms with Gasteiger partial charge in [-0.3, -0.25) is 4.52 Å². The van der Waals surface area contributed by atoms with Crippen LogP contribution in [0.15, 0.2) is 0 Å². The highest BCUT2D eigenvalue weighted by Crippen LogP contribution is 2.66. The Labute approximate surface area is 116 Å². The lowest BCUT2D eigenvalue weighted by molar-refractivity contribution is 0.0400. The summed E-state index contributed by atoms with van der Waals surface area (Å²) >= 11 is 0. The summed E-state index contributed by atoms with van der Waals surface area (Å²) in [5, 5.41) is 0. The highest BCUT2D eigenvalue weighted by molar-refractivity contribution is 7.66. The average molecular weight is 356 g/mol. The summed E-state index contributed by atoms with van der Waals surface area (Å²) in [4.78, 5) is 34.8.